The van der Waals surface area contributed by atoms with Crippen molar-refractivity contribution in [2.24, 2.45) is 0 Å². The fourth-order valence-corrected chi connectivity index (χ4v) is 4.38. The number of rotatable bonds is 4. The van der Waals surface area contributed by atoms with Crippen LogP contribution in [0.3, 0.4) is 0 Å². The molecule has 0 spiro atoms. The van der Waals surface area contributed by atoms with Gasteiger partial charge in [-0.3, -0.25) is 0 Å². The normalized spacial score (nSPS) is 15.2. The fourth-order valence-electron chi connectivity index (χ4n) is 3.72. The Morgan fingerprint density at radius 1 is 1.21 bits per heavy atom. The van der Waals surface area contributed by atoms with Gasteiger partial charge in [0.05, 0.1) is 0 Å². The van der Waals surface area contributed by atoms with E-state index in [9.17, 15) is 0 Å². The first kappa shape index (κ1) is 17.4. The number of aryl methyl sites for hydroxylation is 1. The Bertz CT molecular complexity index is 1100. The van der Waals surface area contributed by atoms with Crippen LogP contribution in [0.25, 0.3) is 27.8 Å². The van der Waals surface area contributed by atoms with Crippen LogP contribution in [0.15, 0.2) is 53.5 Å². The average Bonchev–Trinajstić information content (AvgIpc) is 3.36. The van der Waals surface area contributed by atoms with Crippen LogP contribution in [0.1, 0.15) is 18.4 Å². The zero-order chi connectivity index (χ0) is 18.9. The monoisotopic (exact) mass is 390 g/mol. The van der Waals surface area contributed by atoms with Gasteiger partial charge in [0.2, 0.25) is 5.95 Å². The fraction of sp³-hybridized carbons (Fsp3) is 0.273. The molecule has 1 aliphatic heterocycles. The molecule has 4 heterocycles. The summed E-state index contributed by atoms with van der Waals surface area (Å²) in [5.41, 5.74) is 5.63. The first-order valence-corrected chi connectivity index (χ1v) is 10.5. The van der Waals surface area contributed by atoms with Crippen LogP contribution in [0.4, 0.5) is 5.95 Å². The number of ether oxygens (including phenoxy) is 1. The highest BCUT2D eigenvalue weighted by Gasteiger charge is 2.18. The van der Waals surface area contributed by atoms with Crippen molar-refractivity contribution in [3.05, 3.63) is 59.0 Å². The van der Waals surface area contributed by atoms with Crippen LogP contribution < -0.4 is 5.32 Å². The summed E-state index contributed by atoms with van der Waals surface area (Å²) in [6.07, 6.45) is 6.10. The molecule has 4 aromatic rings. The Labute approximate surface area is 168 Å². The number of nitrogens with zero attached hydrogens (tertiary/aromatic N) is 3. The SMILES string of the molecule is Cc1cccc(-n2cc(-c3ccsc3)c3cnc(NC4CCOCC4)nc32)c1. The van der Waals surface area contributed by atoms with Crippen molar-refractivity contribution in [2.45, 2.75) is 25.8 Å². The standard InChI is InChI=1S/C22H22N4OS/c1-15-3-2-4-18(11-15)26-13-20(16-7-10-28-14-16)19-12-23-22(25-21(19)26)24-17-5-8-27-9-6-17/h2-4,7,10-14,17H,5-6,8-9H2,1H3,(H,23,24,25). The molecule has 5 nitrogen and oxygen atoms in total. The summed E-state index contributed by atoms with van der Waals surface area (Å²) in [6.45, 7) is 3.70. The molecule has 0 unspecified atom stereocenters. The summed E-state index contributed by atoms with van der Waals surface area (Å²) in [7, 11) is 0. The first-order chi connectivity index (χ1) is 13.8. The Morgan fingerprint density at radius 3 is 2.89 bits per heavy atom. The molecular formula is C22H22N4OS. The minimum atomic E-state index is 0.366. The molecule has 1 aromatic carbocycles. The maximum atomic E-state index is 5.46. The summed E-state index contributed by atoms with van der Waals surface area (Å²) in [4.78, 5) is 9.53. The number of thiophene rings is 1. The number of hydrogen-bond acceptors (Lipinski definition) is 5. The predicted octanol–water partition coefficient (Wildman–Crippen LogP) is 5.05. The summed E-state index contributed by atoms with van der Waals surface area (Å²) in [5.74, 6) is 0.684. The van der Waals surface area contributed by atoms with E-state index in [4.69, 9.17) is 9.72 Å². The van der Waals surface area contributed by atoms with E-state index >= 15 is 0 Å². The van der Waals surface area contributed by atoms with E-state index < -0.39 is 0 Å². The van der Waals surface area contributed by atoms with Crippen LogP contribution in [0.5, 0.6) is 0 Å². The van der Waals surface area contributed by atoms with Gasteiger partial charge in [0, 0.05) is 48.3 Å². The molecule has 1 saturated heterocycles. The predicted molar refractivity (Wildman–Crippen MR) is 114 cm³/mol. The highest BCUT2D eigenvalue weighted by Crippen LogP contribution is 2.33. The van der Waals surface area contributed by atoms with E-state index in [0.717, 1.165) is 48.3 Å². The third-order valence-electron chi connectivity index (χ3n) is 5.21. The minimum absolute atomic E-state index is 0.366. The average molecular weight is 391 g/mol. The van der Waals surface area contributed by atoms with Crippen molar-refractivity contribution in [1.29, 1.82) is 0 Å². The van der Waals surface area contributed by atoms with Crippen molar-refractivity contribution >= 4 is 28.3 Å². The number of anilines is 1. The molecule has 0 amide bonds. The van der Waals surface area contributed by atoms with Crippen LogP contribution in [0, 0.1) is 6.92 Å². The lowest BCUT2D eigenvalue weighted by atomic mass is 10.1. The second-order valence-electron chi connectivity index (χ2n) is 7.23. The van der Waals surface area contributed by atoms with Crippen LogP contribution in [-0.2, 0) is 4.74 Å². The summed E-state index contributed by atoms with van der Waals surface area (Å²) in [5, 5.41) is 8.84. The van der Waals surface area contributed by atoms with Gasteiger partial charge in [-0.25, -0.2) is 4.98 Å². The maximum absolute atomic E-state index is 5.46. The zero-order valence-corrected chi connectivity index (χ0v) is 16.6. The molecule has 6 heteroatoms. The van der Waals surface area contributed by atoms with Crippen molar-refractivity contribution < 1.29 is 4.74 Å². The molecule has 1 N–H and O–H groups in total. The smallest absolute Gasteiger partial charge is 0.224 e. The molecule has 0 radical (unpaired) electrons. The maximum Gasteiger partial charge on any atom is 0.224 e. The molecule has 5 rings (SSSR count). The number of benzene rings is 1. The highest BCUT2D eigenvalue weighted by atomic mass is 32.1. The van der Waals surface area contributed by atoms with Crippen LogP contribution in [0.2, 0.25) is 0 Å². The van der Waals surface area contributed by atoms with Gasteiger partial charge in [-0.2, -0.15) is 16.3 Å². The van der Waals surface area contributed by atoms with Crippen molar-refractivity contribution in [3.8, 4) is 16.8 Å². The second kappa shape index (κ2) is 7.37. The third-order valence-corrected chi connectivity index (χ3v) is 5.89. The zero-order valence-electron chi connectivity index (χ0n) is 15.8. The Balaban J connectivity index is 1.62. The van der Waals surface area contributed by atoms with Crippen LogP contribution >= 0.6 is 11.3 Å². The second-order valence-corrected chi connectivity index (χ2v) is 8.01. The Hall–Kier alpha value is -2.70. The molecule has 0 atom stereocenters. The van der Waals surface area contributed by atoms with Crippen LogP contribution in [-0.4, -0.2) is 33.8 Å². The van der Waals surface area contributed by atoms with Crippen molar-refractivity contribution in [2.75, 3.05) is 18.5 Å². The number of nitrogens with one attached hydrogen (secondary N) is 1. The van der Waals surface area contributed by atoms with E-state index in [-0.39, 0.29) is 0 Å². The quantitative estimate of drug-likeness (QED) is 0.530. The molecule has 0 saturated carbocycles. The minimum Gasteiger partial charge on any atom is -0.381 e. The largest absolute Gasteiger partial charge is 0.381 e. The van der Waals surface area contributed by atoms with Gasteiger partial charge in [-0.05, 0) is 59.9 Å². The molecular weight excluding hydrogens is 368 g/mol. The Morgan fingerprint density at radius 2 is 2.11 bits per heavy atom. The summed E-state index contributed by atoms with van der Waals surface area (Å²) >= 11 is 1.70. The number of aromatic nitrogens is 3. The summed E-state index contributed by atoms with van der Waals surface area (Å²) < 4.78 is 7.63. The van der Waals surface area contributed by atoms with Gasteiger partial charge in [0.15, 0.2) is 5.65 Å². The van der Waals surface area contributed by atoms with Crippen molar-refractivity contribution in [3.63, 3.8) is 0 Å². The van der Waals surface area contributed by atoms with Gasteiger partial charge in [0.1, 0.15) is 0 Å². The van der Waals surface area contributed by atoms with Crippen molar-refractivity contribution in [1.82, 2.24) is 14.5 Å². The van der Waals surface area contributed by atoms with Gasteiger partial charge in [-0.1, -0.05) is 12.1 Å². The molecule has 142 valence electrons. The lowest BCUT2D eigenvalue weighted by Gasteiger charge is -2.23. The molecule has 1 aliphatic rings. The lowest BCUT2D eigenvalue weighted by Crippen LogP contribution is -2.28. The molecule has 1 fully saturated rings. The van der Waals surface area contributed by atoms with E-state index in [2.05, 4.69) is 69.1 Å². The van der Waals surface area contributed by atoms with E-state index in [1.165, 1.54) is 11.1 Å². The van der Waals surface area contributed by atoms with E-state index in [1.54, 1.807) is 11.3 Å². The third kappa shape index (κ3) is 3.30. The number of hydrogen-bond donors (Lipinski definition) is 1. The molecule has 3 aromatic heterocycles. The highest BCUT2D eigenvalue weighted by molar-refractivity contribution is 7.08. The van der Waals surface area contributed by atoms with Gasteiger partial charge < -0.3 is 14.6 Å². The summed E-state index contributed by atoms with van der Waals surface area (Å²) in [6, 6.07) is 11.0. The van der Waals surface area contributed by atoms with Gasteiger partial charge >= 0.3 is 0 Å². The molecule has 0 aliphatic carbocycles. The lowest BCUT2D eigenvalue weighted by molar-refractivity contribution is 0.0903. The molecule has 28 heavy (non-hydrogen) atoms. The topological polar surface area (TPSA) is 52.0 Å². The van der Waals surface area contributed by atoms with Gasteiger partial charge in [-0.15, -0.1) is 0 Å². The molecule has 0 bridgehead atoms. The van der Waals surface area contributed by atoms with Gasteiger partial charge in [0.25, 0.3) is 0 Å². The van der Waals surface area contributed by atoms with E-state index in [1.807, 2.05) is 6.20 Å². The van der Waals surface area contributed by atoms with E-state index in [0.29, 0.717) is 12.0 Å². The number of fused-ring (bicyclic) bond motifs is 1. The Kier molecular flexibility index (Phi) is 4.58. The first-order valence-electron chi connectivity index (χ1n) is 9.60.